The lowest BCUT2D eigenvalue weighted by Gasteiger charge is -2.60. The van der Waals surface area contributed by atoms with E-state index in [9.17, 15) is 18.0 Å². The molecule has 0 radical (unpaired) electrons. The van der Waals surface area contributed by atoms with E-state index >= 15 is 0 Å². The first kappa shape index (κ1) is 31.2. The molecule has 1 spiro atoms. The number of rotatable bonds is 4. The normalized spacial score (nSPS) is 25.9. The van der Waals surface area contributed by atoms with Gasteiger partial charge < -0.3 is 9.64 Å². The predicted octanol–water partition coefficient (Wildman–Crippen LogP) is 6.35. The third-order valence-electron chi connectivity index (χ3n) is 9.62. The molecule has 2 heterocycles. The molecule has 2 fully saturated rings. The molecular formula is C35H42N4O5S. The summed E-state index contributed by atoms with van der Waals surface area (Å²) in [6.45, 7) is 12.2. The van der Waals surface area contributed by atoms with Gasteiger partial charge in [0.05, 0.1) is 16.6 Å². The summed E-state index contributed by atoms with van der Waals surface area (Å²) < 4.78 is 36.2. The van der Waals surface area contributed by atoms with Crippen LogP contribution in [-0.2, 0) is 14.8 Å². The molecule has 2 aromatic carbocycles. The number of sulfonamides is 1. The van der Waals surface area contributed by atoms with Crippen molar-refractivity contribution in [3.8, 4) is 17.1 Å². The van der Waals surface area contributed by atoms with E-state index in [1.54, 1.807) is 25.1 Å². The fraction of sp³-hybridized carbons (Fsp3) is 0.486. The maximum absolute atomic E-state index is 14.4. The van der Waals surface area contributed by atoms with E-state index in [4.69, 9.17) is 4.74 Å². The van der Waals surface area contributed by atoms with Crippen LogP contribution in [0.3, 0.4) is 0 Å². The molecule has 4 bridgehead atoms. The molecule has 1 aromatic heterocycles. The van der Waals surface area contributed by atoms with Crippen LogP contribution in [-0.4, -0.2) is 53.7 Å². The van der Waals surface area contributed by atoms with Gasteiger partial charge in [0.2, 0.25) is 11.8 Å². The van der Waals surface area contributed by atoms with Crippen molar-refractivity contribution < 1.29 is 22.7 Å². The quantitative estimate of drug-likeness (QED) is 0.357. The van der Waals surface area contributed by atoms with Crippen LogP contribution in [0, 0.1) is 30.6 Å². The molecule has 9 nitrogen and oxygen atoms in total. The van der Waals surface area contributed by atoms with Crippen LogP contribution in [0.2, 0.25) is 0 Å². The molecule has 1 N–H and O–H groups in total. The summed E-state index contributed by atoms with van der Waals surface area (Å²) in [5.74, 6) is 0.248. The summed E-state index contributed by atoms with van der Waals surface area (Å²) in [5, 5.41) is 0. The standard InChI is InChI=1S/C35H42N4O5S/c1-21-9-7-10-22(2)31(21)29-14-30-37-33(36-29)38-45(42,43)28-12-8-11-24(13-28)32(41)39(27(20-44-30)17-34(4,5)6)26-18-35(19-26)15-25(16-35)23(3)40/h7-14,25-27H,15-20H2,1-6H3,(H,36,37,38)/t25?,26?,27-,35?/m1/s1. The lowest BCUT2D eigenvalue weighted by Crippen LogP contribution is -2.61. The number of fused-ring (bicyclic) bond motifs is 4. The zero-order chi connectivity index (χ0) is 32.3. The lowest BCUT2D eigenvalue weighted by atomic mass is 9.49. The third-order valence-corrected chi connectivity index (χ3v) is 10.9. The van der Waals surface area contributed by atoms with Crippen molar-refractivity contribution >= 4 is 27.7 Å². The summed E-state index contributed by atoms with van der Waals surface area (Å²) in [7, 11) is -4.13. The number of ether oxygens (including phenoxy) is 1. The van der Waals surface area contributed by atoms with E-state index in [1.807, 2.05) is 36.9 Å². The number of aryl methyl sites for hydroxylation is 2. The summed E-state index contributed by atoms with van der Waals surface area (Å²) in [5.41, 5.74) is 3.66. The van der Waals surface area contributed by atoms with Crippen LogP contribution < -0.4 is 9.46 Å². The Labute approximate surface area is 265 Å². The van der Waals surface area contributed by atoms with Crippen molar-refractivity contribution in [2.45, 2.75) is 90.6 Å². The number of amides is 1. The maximum Gasteiger partial charge on any atom is 0.264 e. The maximum atomic E-state index is 14.4. The molecule has 0 unspecified atom stereocenters. The van der Waals surface area contributed by atoms with Crippen molar-refractivity contribution in [2.24, 2.45) is 16.7 Å². The Morgan fingerprint density at radius 2 is 1.69 bits per heavy atom. The fourth-order valence-corrected chi connectivity index (χ4v) is 8.50. The van der Waals surface area contributed by atoms with Crippen LogP contribution in [0.1, 0.15) is 81.3 Å². The summed E-state index contributed by atoms with van der Waals surface area (Å²) >= 11 is 0. The van der Waals surface area contributed by atoms with Crippen LogP contribution in [0.15, 0.2) is 53.4 Å². The van der Waals surface area contributed by atoms with Gasteiger partial charge in [0.15, 0.2) is 0 Å². The largest absolute Gasteiger partial charge is 0.475 e. The number of Topliss-reactive ketones (excluding diaryl/α,β-unsaturated/α-hetero) is 1. The number of ketones is 1. The first-order valence-electron chi connectivity index (χ1n) is 15.7. The SMILES string of the molecule is CC(=O)C1CC2(C1)CC(N1C(=O)c3cccc(c3)S(=O)(=O)Nc3nc(cc(-c4c(C)cccc4C)n3)OC[C@H]1CC(C)(C)C)C2. The molecule has 1 atom stereocenters. The van der Waals surface area contributed by atoms with Gasteiger partial charge in [0.25, 0.3) is 15.9 Å². The number of nitrogens with zero attached hydrogens (tertiary/aromatic N) is 3. The van der Waals surface area contributed by atoms with E-state index in [0.29, 0.717) is 17.7 Å². The Kier molecular flexibility index (Phi) is 7.78. The van der Waals surface area contributed by atoms with Gasteiger partial charge in [-0.25, -0.2) is 18.1 Å². The monoisotopic (exact) mass is 630 g/mol. The molecule has 1 aliphatic heterocycles. The van der Waals surface area contributed by atoms with Crippen LogP contribution >= 0.6 is 0 Å². The highest BCUT2D eigenvalue weighted by Crippen LogP contribution is 2.60. The highest BCUT2D eigenvalue weighted by Gasteiger charge is 2.56. The molecule has 6 rings (SSSR count). The Balaban J connectivity index is 1.44. The number of carbonyl (C=O) groups is 2. The van der Waals surface area contributed by atoms with E-state index in [2.05, 4.69) is 35.5 Å². The van der Waals surface area contributed by atoms with Gasteiger partial charge in [-0.3, -0.25) is 9.59 Å². The average molecular weight is 631 g/mol. The van der Waals surface area contributed by atoms with Gasteiger partial charge in [-0.05, 0) is 93.0 Å². The Hall–Kier alpha value is -3.79. The van der Waals surface area contributed by atoms with Gasteiger partial charge >= 0.3 is 0 Å². The van der Waals surface area contributed by atoms with E-state index in [-0.39, 0.29) is 63.9 Å². The highest BCUT2D eigenvalue weighted by atomic mass is 32.2. The van der Waals surface area contributed by atoms with Crippen molar-refractivity contribution in [3.63, 3.8) is 0 Å². The van der Waals surface area contributed by atoms with E-state index < -0.39 is 10.0 Å². The summed E-state index contributed by atoms with van der Waals surface area (Å²) in [6.07, 6.45) is 4.03. The second-order valence-corrected chi connectivity index (χ2v) is 16.2. The Morgan fingerprint density at radius 3 is 2.33 bits per heavy atom. The number of hydrogen-bond acceptors (Lipinski definition) is 7. The number of benzene rings is 2. The lowest BCUT2D eigenvalue weighted by molar-refractivity contribution is -0.139. The second kappa shape index (κ2) is 11.2. The summed E-state index contributed by atoms with van der Waals surface area (Å²) in [4.78, 5) is 37.4. The van der Waals surface area contributed by atoms with Gasteiger partial charge in [-0.15, -0.1) is 0 Å². The van der Waals surface area contributed by atoms with Gasteiger partial charge in [0, 0.05) is 29.2 Å². The zero-order valence-electron chi connectivity index (χ0n) is 26.9. The van der Waals surface area contributed by atoms with Gasteiger partial charge in [-0.2, -0.15) is 4.98 Å². The first-order chi connectivity index (χ1) is 21.1. The van der Waals surface area contributed by atoms with Crippen LogP contribution in [0.4, 0.5) is 5.95 Å². The van der Waals surface area contributed by atoms with Crippen molar-refractivity contribution in [3.05, 3.63) is 65.2 Å². The molecule has 0 saturated heterocycles. The number of hydrogen-bond donors (Lipinski definition) is 1. The van der Waals surface area contributed by atoms with Gasteiger partial charge in [-0.1, -0.05) is 45.0 Å². The van der Waals surface area contributed by atoms with Crippen LogP contribution in [0.25, 0.3) is 11.3 Å². The molecule has 10 heteroatoms. The second-order valence-electron chi connectivity index (χ2n) is 14.5. The topological polar surface area (TPSA) is 119 Å². The highest BCUT2D eigenvalue weighted by molar-refractivity contribution is 7.92. The van der Waals surface area contributed by atoms with Crippen molar-refractivity contribution in [1.82, 2.24) is 14.9 Å². The molecule has 3 aromatic rings. The first-order valence-corrected chi connectivity index (χ1v) is 17.2. The Morgan fingerprint density at radius 1 is 1.02 bits per heavy atom. The molecule has 45 heavy (non-hydrogen) atoms. The third kappa shape index (κ3) is 6.21. The van der Waals surface area contributed by atoms with Crippen molar-refractivity contribution in [2.75, 3.05) is 11.3 Å². The van der Waals surface area contributed by atoms with Crippen molar-refractivity contribution in [1.29, 1.82) is 0 Å². The number of aromatic nitrogens is 2. The van der Waals surface area contributed by atoms with E-state index in [1.165, 1.54) is 12.1 Å². The number of carbonyl (C=O) groups excluding carboxylic acids is 2. The number of anilines is 1. The molecular weight excluding hydrogens is 588 g/mol. The zero-order valence-corrected chi connectivity index (χ0v) is 27.7. The number of nitrogens with one attached hydrogen (secondary N) is 1. The average Bonchev–Trinajstić information content (AvgIpc) is 2.90. The molecule has 2 saturated carbocycles. The predicted molar refractivity (Wildman–Crippen MR) is 173 cm³/mol. The molecule has 1 amide bonds. The minimum Gasteiger partial charge on any atom is -0.475 e. The molecule has 3 aliphatic rings. The minimum absolute atomic E-state index is 0.0446. The molecule has 2 aliphatic carbocycles. The van der Waals surface area contributed by atoms with Gasteiger partial charge in [0.1, 0.15) is 12.4 Å². The van der Waals surface area contributed by atoms with Crippen LogP contribution in [0.5, 0.6) is 5.88 Å². The Bertz CT molecular complexity index is 1750. The molecule has 238 valence electrons. The smallest absolute Gasteiger partial charge is 0.264 e. The minimum atomic E-state index is -4.13. The van der Waals surface area contributed by atoms with E-state index in [0.717, 1.165) is 42.4 Å². The summed E-state index contributed by atoms with van der Waals surface area (Å²) in [6, 6.07) is 13.5. The fourth-order valence-electron chi connectivity index (χ4n) is 7.51.